The normalized spacial score (nSPS) is 16.2. The number of para-hydroxylation sites is 1. The van der Waals surface area contributed by atoms with Crippen LogP contribution in [0.3, 0.4) is 0 Å². The predicted molar refractivity (Wildman–Crippen MR) is 92.5 cm³/mol. The first-order valence-electron chi connectivity index (χ1n) is 8.03. The maximum Gasteiger partial charge on any atom is 0.258 e. The molecule has 0 saturated carbocycles. The minimum Gasteiger partial charge on any atom is -0.484 e. The van der Waals surface area contributed by atoms with Gasteiger partial charge in [-0.05, 0) is 25.0 Å². The fourth-order valence-electron chi connectivity index (χ4n) is 2.51. The molecule has 138 valence electrons. The Bertz CT molecular complexity index is 685. The molecule has 0 aromatic heterocycles. The Hall–Kier alpha value is -2.13. The summed E-state index contributed by atoms with van der Waals surface area (Å²) in [5.41, 5.74) is 0. The van der Waals surface area contributed by atoms with Crippen molar-refractivity contribution in [3.05, 3.63) is 30.3 Å². The van der Waals surface area contributed by atoms with Crippen molar-refractivity contribution >= 4 is 21.8 Å². The lowest BCUT2D eigenvalue weighted by atomic mass is 10.1. The number of hydrogen-bond acceptors (Lipinski definition) is 5. The fraction of sp³-hybridized carbons (Fsp3) is 0.500. The maximum absolute atomic E-state index is 11.9. The van der Waals surface area contributed by atoms with E-state index >= 15 is 0 Å². The number of sulfonamides is 1. The highest BCUT2D eigenvalue weighted by atomic mass is 32.2. The highest BCUT2D eigenvalue weighted by Gasteiger charge is 2.25. The minimum absolute atomic E-state index is 0.0806. The van der Waals surface area contributed by atoms with E-state index in [2.05, 4.69) is 10.6 Å². The molecule has 0 unspecified atom stereocenters. The van der Waals surface area contributed by atoms with E-state index in [1.807, 2.05) is 6.07 Å². The van der Waals surface area contributed by atoms with Crippen LogP contribution < -0.4 is 15.4 Å². The molecule has 25 heavy (non-hydrogen) atoms. The van der Waals surface area contributed by atoms with Gasteiger partial charge in [-0.1, -0.05) is 18.2 Å². The number of nitrogens with zero attached hydrogens (tertiary/aromatic N) is 1. The Morgan fingerprint density at radius 3 is 2.40 bits per heavy atom. The molecule has 0 radical (unpaired) electrons. The molecule has 0 bridgehead atoms. The van der Waals surface area contributed by atoms with Gasteiger partial charge in [0.15, 0.2) is 6.61 Å². The van der Waals surface area contributed by atoms with Gasteiger partial charge in [0.1, 0.15) is 5.75 Å². The second-order valence-corrected chi connectivity index (χ2v) is 7.86. The summed E-state index contributed by atoms with van der Waals surface area (Å²) in [4.78, 5) is 23.5. The van der Waals surface area contributed by atoms with Crippen molar-refractivity contribution in [2.45, 2.75) is 18.9 Å². The first-order chi connectivity index (χ1) is 11.8. The summed E-state index contributed by atoms with van der Waals surface area (Å²) < 4.78 is 29.6. The van der Waals surface area contributed by atoms with E-state index in [4.69, 9.17) is 4.74 Å². The SMILES string of the molecule is CS(=O)(=O)N1CCC(NC(=O)CNC(=O)COc2ccccc2)CC1. The van der Waals surface area contributed by atoms with E-state index in [0.29, 0.717) is 31.7 Å². The topological polar surface area (TPSA) is 105 Å². The van der Waals surface area contributed by atoms with Crippen LogP contribution in [0.25, 0.3) is 0 Å². The molecule has 2 N–H and O–H groups in total. The molecule has 1 aliphatic rings. The van der Waals surface area contributed by atoms with Crippen molar-refractivity contribution in [3.8, 4) is 5.75 Å². The van der Waals surface area contributed by atoms with E-state index < -0.39 is 10.0 Å². The van der Waals surface area contributed by atoms with Gasteiger partial charge in [0, 0.05) is 19.1 Å². The number of piperidine rings is 1. The number of rotatable bonds is 7. The van der Waals surface area contributed by atoms with E-state index in [-0.39, 0.29) is 31.0 Å². The molecule has 1 fully saturated rings. The Morgan fingerprint density at radius 1 is 1.16 bits per heavy atom. The third kappa shape index (κ3) is 6.71. The van der Waals surface area contributed by atoms with Gasteiger partial charge in [0.25, 0.3) is 5.91 Å². The lowest BCUT2D eigenvalue weighted by Gasteiger charge is -2.30. The second-order valence-electron chi connectivity index (χ2n) is 5.88. The molecular formula is C16H23N3O5S. The molecule has 1 heterocycles. The summed E-state index contributed by atoms with van der Waals surface area (Å²) in [6, 6.07) is 8.84. The van der Waals surface area contributed by atoms with Crippen LogP contribution in [0.4, 0.5) is 0 Å². The third-order valence-corrected chi connectivity index (χ3v) is 5.15. The van der Waals surface area contributed by atoms with Crippen LogP contribution in [0.1, 0.15) is 12.8 Å². The lowest BCUT2D eigenvalue weighted by Crippen LogP contribution is -2.48. The zero-order valence-corrected chi connectivity index (χ0v) is 14.9. The third-order valence-electron chi connectivity index (χ3n) is 3.85. The molecule has 0 spiro atoms. The average molecular weight is 369 g/mol. The number of hydrogen-bond donors (Lipinski definition) is 2. The van der Waals surface area contributed by atoms with Gasteiger partial charge in [-0.3, -0.25) is 9.59 Å². The van der Waals surface area contributed by atoms with Crippen LogP contribution in [0.2, 0.25) is 0 Å². The first-order valence-corrected chi connectivity index (χ1v) is 9.88. The summed E-state index contributed by atoms with van der Waals surface area (Å²) >= 11 is 0. The van der Waals surface area contributed by atoms with E-state index in [1.165, 1.54) is 10.6 Å². The summed E-state index contributed by atoms with van der Waals surface area (Å²) in [6.45, 7) is 0.482. The average Bonchev–Trinajstić information content (AvgIpc) is 2.59. The van der Waals surface area contributed by atoms with Crippen LogP contribution in [0.5, 0.6) is 5.75 Å². The van der Waals surface area contributed by atoms with Crippen molar-refractivity contribution < 1.29 is 22.7 Å². The van der Waals surface area contributed by atoms with Crippen molar-refractivity contribution in [1.29, 1.82) is 0 Å². The highest BCUT2D eigenvalue weighted by Crippen LogP contribution is 2.13. The molecule has 9 heteroatoms. The van der Waals surface area contributed by atoms with Crippen molar-refractivity contribution in [1.82, 2.24) is 14.9 Å². The number of amides is 2. The van der Waals surface area contributed by atoms with Crippen LogP contribution >= 0.6 is 0 Å². The lowest BCUT2D eigenvalue weighted by molar-refractivity contribution is -0.127. The molecule has 1 aromatic rings. The molecule has 2 rings (SSSR count). The van der Waals surface area contributed by atoms with E-state index in [1.54, 1.807) is 24.3 Å². The number of benzene rings is 1. The summed E-state index contributed by atoms with van der Waals surface area (Å²) in [6.07, 6.45) is 2.30. The largest absolute Gasteiger partial charge is 0.484 e. The summed E-state index contributed by atoms with van der Waals surface area (Å²) in [5.74, 6) is -0.100. The van der Waals surface area contributed by atoms with Crippen LogP contribution in [0, 0.1) is 0 Å². The molecule has 1 saturated heterocycles. The second kappa shape index (κ2) is 8.82. The number of nitrogens with one attached hydrogen (secondary N) is 2. The molecular weight excluding hydrogens is 346 g/mol. The quantitative estimate of drug-likeness (QED) is 0.688. The summed E-state index contributed by atoms with van der Waals surface area (Å²) in [5, 5.41) is 5.30. The Balaban J connectivity index is 1.63. The van der Waals surface area contributed by atoms with Gasteiger partial charge in [0.05, 0.1) is 12.8 Å². The van der Waals surface area contributed by atoms with Crippen LogP contribution in [-0.4, -0.2) is 63.1 Å². The van der Waals surface area contributed by atoms with Gasteiger partial charge >= 0.3 is 0 Å². The monoisotopic (exact) mass is 369 g/mol. The van der Waals surface area contributed by atoms with Gasteiger partial charge in [-0.2, -0.15) is 0 Å². The van der Waals surface area contributed by atoms with Crippen molar-refractivity contribution in [2.24, 2.45) is 0 Å². The van der Waals surface area contributed by atoms with Crippen LogP contribution in [-0.2, 0) is 19.6 Å². The van der Waals surface area contributed by atoms with Gasteiger partial charge in [-0.25, -0.2) is 12.7 Å². The molecule has 0 atom stereocenters. The minimum atomic E-state index is -3.18. The van der Waals surface area contributed by atoms with Crippen molar-refractivity contribution in [3.63, 3.8) is 0 Å². The van der Waals surface area contributed by atoms with Gasteiger partial charge in [-0.15, -0.1) is 0 Å². The van der Waals surface area contributed by atoms with Gasteiger partial charge in [0.2, 0.25) is 15.9 Å². The maximum atomic E-state index is 11.9. The van der Waals surface area contributed by atoms with E-state index in [9.17, 15) is 18.0 Å². The predicted octanol–water partition coefficient (Wildman–Crippen LogP) is -0.278. The smallest absolute Gasteiger partial charge is 0.258 e. The number of carbonyl (C=O) groups is 2. The first kappa shape index (κ1) is 19.2. The van der Waals surface area contributed by atoms with E-state index in [0.717, 1.165) is 0 Å². The Kier molecular flexibility index (Phi) is 6.77. The molecule has 1 aliphatic heterocycles. The van der Waals surface area contributed by atoms with Crippen LogP contribution in [0.15, 0.2) is 30.3 Å². The molecule has 8 nitrogen and oxygen atoms in total. The van der Waals surface area contributed by atoms with Crippen molar-refractivity contribution in [2.75, 3.05) is 32.5 Å². The Labute approximate surface area is 147 Å². The molecule has 1 aromatic carbocycles. The number of carbonyl (C=O) groups excluding carboxylic acids is 2. The molecule has 2 amide bonds. The molecule has 0 aliphatic carbocycles. The number of ether oxygens (including phenoxy) is 1. The standard InChI is InChI=1S/C16H23N3O5S/c1-25(22,23)19-9-7-13(8-10-19)18-15(20)11-17-16(21)12-24-14-5-3-2-4-6-14/h2-6,13H,7-12H2,1H3,(H,17,21)(H,18,20). The Morgan fingerprint density at radius 2 is 1.80 bits per heavy atom. The fourth-order valence-corrected chi connectivity index (χ4v) is 3.38. The van der Waals surface area contributed by atoms with Gasteiger partial charge < -0.3 is 15.4 Å². The summed E-state index contributed by atoms with van der Waals surface area (Å²) in [7, 11) is -3.18. The zero-order chi connectivity index (χ0) is 18.3. The zero-order valence-electron chi connectivity index (χ0n) is 14.1. The highest BCUT2D eigenvalue weighted by molar-refractivity contribution is 7.88.